The molecular weight excluding hydrogens is 288 g/mol. The predicted molar refractivity (Wildman–Crippen MR) is 91.5 cm³/mol. The van der Waals surface area contributed by atoms with E-state index < -0.39 is 0 Å². The number of hydrogen-bond acceptors (Lipinski definition) is 4. The van der Waals surface area contributed by atoms with Crippen molar-refractivity contribution in [2.45, 2.75) is 26.7 Å². The molecule has 1 atom stereocenters. The smallest absolute Gasteiger partial charge is 0.229 e. The molecule has 1 aliphatic heterocycles. The van der Waals surface area contributed by atoms with E-state index in [2.05, 4.69) is 20.4 Å². The van der Waals surface area contributed by atoms with Crippen molar-refractivity contribution >= 4 is 17.4 Å². The third kappa shape index (κ3) is 3.86. The van der Waals surface area contributed by atoms with Gasteiger partial charge in [-0.3, -0.25) is 4.79 Å². The number of aromatic nitrogens is 2. The number of hydrogen-bond donors (Lipinski definition) is 1. The van der Waals surface area contributed by atoms with Crippen molar-refractivity contribution in [1.29, 1.82) is 0 Å². The Bertz CT molecular complexity index is 684. The van der Waals surface area contributed by atoms with Crippen LogP contribution >= 0.6 is 0 Å². The fourth-order valence-electron chi connectivity index (χ4n) is 2.93. The average molecular weight is 310 g/mol. The summed E-state index contributed by atoms with van der Waals surface area (Å²) in [5, 5.41) is 11.4. The van der Waals surface area contributed by atoms with Crippen LogP contribution in [-0.2, 0) is 4.79 Å². The van der Waals surface area contributed by atoms with Gasteiger partial charge in [-0.15, -0.1) is 5.10 Å². The molecule has 1 N–H and O–H groups in total. The van der Waals surface area contributed by atoms with E-state index >= 15 is 0 Å². The highest BCUT2D eigenvalue weighted by molar-refractivity contribution is 5.93. The van der Waals surface area contributed by atoms with Crippen LogP contribution < -0.4 is 10.2 Å². The lowest BCUT2D eigenvalue weighted by molar-refractivity contribution is -0.120. The number of piperidine rings is 1. The second-order valence-corrected chi connectivity index (χ2v) is 6.18. The number of aryl methyl sites for hydroxylation is 2. The summed E-state index contributed by atoms with van der Waals surface area (Å²) in [6.07, 6.45) is 1.90. The minimum absolute atomic E-state index is 0.0210. The maximum Gasteiger partial charge on any atom is 0.229 e. The molecule has 1 aromatic heterocycles. The number of benzene rings is 1. The number of anilines is 2. The molecule has 0 aliphatic carbocycles. The zero-order valence-electron chi connectivity index (χ0n) is 13.6. The molecule has 2 aromatic rings. The van der Waals surface area contributed by atoms with Crippen molar-refractivity contribution in [3.63, 3.8) is 0 Å². The highest BCUT2D eigenvalue weighted by Gasteiger charge is 2.26. The van der Waals surface area contributed by atoms with Gasteiger partial charge in [0.1, 0.15) is 0 Å². The van der Waals surface area contributed by atoms with Gasteiger partial charge < -0.3 is 10.2 Å². The first-order valence-corrected chi connectivity index (χ1v) is 8.04. The largest absolute Gasteiger partial charge is 0.354 e. The Morgan fingerprint density at radius 1 is 1.22 bits per heavy atom. The molecular formula is C18H22N4O. The molecule has 2 heterocycles. The minimum atomic E-state index is -0.0210. The van der Waals surface area contributed by atoms with Crippen molar-refractivity contribution < 1.29 is 4.79 Å². The summed E-state index contributed by atoms with van der Waals surface area (Å²) in [5.74, 6) is 0.913. The van der Waals surface area contributed by atoms with Gasteiger partial charge in [-0.05, 0) is 56.5 Å². The summed E-state index contributed by atoms with van der Waals surface area (Å²) < 4.78 is 0. The van der Waals surface area contributed by atoms with E-state index in [1.165, 1.54) is 0 Å². The number of nitrogens with zero attached hydrogens (tertiary/aromatic N) is 3. The second kappa shape index (κ2) is 6.77. The zero-order valence-corrected chi connectivity index (χ0v) is 13.6. The predicted octanol–water partition coefficient (Wildman–Crippen LogP) is 2.95. The Balaban J connectivity index is 1.65. The molecule has 23 heavy (non-hydrogen) atoms. The minimum Gasteiger partial charge on any atom is -0.354 e. The highest BCUT2D eigenvalue weighted by Crippen LogP contribution is 2.22. The molecule has 0 spiro atoms. The lowest BCUT2D eigenvalue weighted by atomic mass is 9.97. The summed E-state index contributed by atoms with van der Waals surface area (Å²) in [7, 11) is 0. The highest BCUT2D eigenvalue weighted by atomic mass is 16.1. The van der Waals surface area contributed by atoms with Crippen LogP contribution in [0.2, 0.25) is 0 Å². The van der Waals surface area contributed by atoms with Crippen molar-refractivity contribution in [2.75, 3.05) is 23.3 Å². The van der Waals surface area contributed by atoms with Gasteiger partial charge in [0, 0.05) is 18.8 Å². The van der Waals surface area contributed by atoms with Crippen molar-refractivity contribution in [2.24, 2.45) is 5.92 Å². The Labute approximate surface area is 136 Å². The Morgan fingerprint density at radius 2 is 2.09 bits per heavy atom. The van der Waals surface area contributed by atoms with Crippen LogP contribution in [0.15, 0.2) is 36.4 Å². The van der Waals surface area contributed by atoms with Crippen LogP contribution in [0.1, 0.15) is 24.1 Å². The molecule has 1 fully saturated rings. The molecule has 5 nitrogen and oxygen atoms in total. The summed E-state index contributed by atoms with van der Waals surface area (Å²) in [6.45, 7) is 5.56. The van der Waals surface area contributed by atoms with E-state index in [4.69, 9.17) is 0 Å². The van der Waals surface area contributed by atoms with Gasteiger partial charge in [0.05, 0.1) is 11.6 Å². The van der Waals surface area contributed by atoms with Crippen molar-refractivity contribution in [3.8, 4) is 0 Å². The van der Waals surface area contributed by atoms with E-state index in [1.54, 1.807) is 0 Å². The number of nitrogens with one attached hydrogen (secondary N) is 1. The van der Waals surface area contributed by atoms with Gasteiger partial charge in [0.2, 0.25) is 5.91 Å². The Morgan fingerprint density at radius 3 is 2.83 bits per heavy atom. The molecule has 1 amide bonds. The Hall–Kier alpha value is -2.43. The summed E-state index contributed by atoms with van der Waals surface area (Å²) in [4.78, 5) is 14.7. The van der Waals surface area contributed by atoms with E-state index in [9.17, 15) is 4.79 Å². The third-order valence-electron chi connectivity index (χ3n) is 4.19. The van der Waals surface area contributed by atoms with E-state index in [0.29, 0.717) is 6.54 Å². The van der Waals surface area contributed by atoms with Crippen LogP contribution in [0.3, 0.4) is 0 Å². The van der Waals surface area contributed by atoms with Gasteiger partial charge in [0.25, 0.3) is 0 Å². The topological polar surface area (TPSA) is 58.1 Å². The molecule has 1 aliphatic rings. The van der Waals surface area contributed by atoms with E-state index in [1.807, 2.05) is 50.2 Å². The average Bonchev–Trinajstić information content (AvgIpc) is 2.56. The molecule has 1 saturated heterocycles. The lowest BCUT2D eigenvalue weighted by Gasteiger charge is -2.32. The normalized spacial score (nSPS) is 17.8. The maximum atomic E-state index is 12.5. The third-order valence-corrected chi connectivity index (χ3v) is 4.19. The van der Waals surface area contributed by atoms with Gasteiger partial charge in [-0.2, -0.15) is 5.10 Å². The molecule has 0 bridgehead atoms. The quantitative estimate of drug-likeness (QED) is 0.947. The fraction of sp³-hybridized carbons (Fsp3) is 0.389. The van der Waals surface area contributed by atoms with Gasteiger partial charge in [-0.1, -0.05) is 12.1 Å². The van der Waals surface area contributed by atoms with Gasteiger partial charge in [-0.25, -0.2) is 0 Å². The van der Waals surface area contributed by atoms with Gasteiger partial charge >= 0.3 is 0 Å². The molecule has 5 heteroatoms. The zero-order chi connectivity index (χ0) is 16.2. The van der Waals surface area contributed by atoms with Crippen LogP contribution in [0.4, 0.5) is 11.5 Å². The number of carbonyl (C=O) groups excluding carboxylic acids is 1. The standard InChI is InChI=1S/C18H22N4O/c1-13-5-3-7-16(11-13)19-18(23)15-6-4-10-22(12-15)17-9-8-14(2)20-21-17/h3,5,7-9,11,15H,4,6,10,12H2,1-2H3,(H,19,23). The number of carbonyl (C=O) groups is 1. The summed E-state index contributed by atoms with van der Waals surface area (Å²) >= 11 is 0. The second-order valence-electron chi connectivity index (χ2n) is 6.18. The lowest BCUT2D eigenvalue weighted by Crippen LogP contribution is -2.41. The fourth-order valence-corrected chi connectivity index (χ4v) is 2.93. The summed E-state index contributed by atoms with van der Waals surface area (Å²) in [5.41, 5.74) is 2.91. The maximum absolute atomic E-state index is 12.5. The number of rotatable bonds is 3. The van der Waals surface area contributed by atoms with E-state index in [0.717, 1.165) is 42.1 Å². The first-order valence-electron chi connectivity index (χ1n) is 8.04. The van der Waals surface area contributed by atoms with Crippen molar-refractivity contribution in [3.05, 3.63) is 47.7 Å². The molecule has 120 valence electrons. The molecule has 3 rings (SSSR count). The van der Waals surface area contributed by atoms with Crippen molar-refractivity contribution in [1.82, 2.24) is 10.2 Å². The first-order chi connectivity index (χ1) is 11.1. The van der Waals surface area contributed by atoms with Gasteiger partial charge in [0.15, 0.2) is 5.82 Å². The molecule has 0 saturated carbocycles. The monoisotopic (exact) mass is 310 g/mol. The van der Waals surface area contributed by atoms with Crippen LogP contribution in [0, 0.1) is 19.8 Å². The number of amides is 1. The van der Waals surface area contributed by atoms with Crippen LogP contribution in [-0.4, -0.2) is 29.2 Å². The van der Waals surface area contributed by atoms with Crippen LogP contribution in [0.5, 0.6) is 0 Å². The molecule has 0 radical (unpaired) electrons. The SMILES string of the molecule is Cc1cccc(NC(=O)C2CCCN(c3ccc(C)nn3)C2)c1. The first kappa shape index (κ1) is 15.5. The summed E-state index contributed by atoms with van der Waals surface area (Å²) in [6, 6.07) is 11.8. The van der Waals surface area contributed by atoms with E-state index in [-0.39, 0.29) is 11.8 Å². The Kier molecular flexibility index (Phi) is 4.55. The molecule has 1 unspecified atom stereocenters. The van der Waals surface area contributed by atoms with Crippen LogP contribution in [0.25, 0.3) is 0 Å². The molecule has 1 aromatic carbocycles.